The van der Waals surface area contributed by atoms with Crippen LogP contribution in [0, 0.1) is 0 Å². The van der Waals surface area contributed by atoms with Gasteiger partial charge in [0, 0.05) is 33.1 Å². The SMILES string of the molecule is CCCNC(=O)CCNC(=NC)NCCc1ccc2c(c1)OCO2.I. The summed E-state index contributed by atoms with van der Waals surface area (Å²) < 4.78 is 10.7. The van der Waals surface area contributed by atoms with Crippen molar-refractivity contribution >= 4 is 35.8 Å². The molecule has 7 nitrogen and oxygen atoms in total. The Labute approximate surface area is 166 Å². The van der Waals surface area contributed by atoms with E-state index in [0.29, 0.717) is 25.7 Å². The highest BCUT2D eigenvalue weighted by molar-refractivity contribution is 14.0. The molecule has 1 amide bonds. The number of carbonyl (C=O) groups excluding carboxylic acids is 1. The van der Waals surface area contributed by atoms with E-state index < -0.39 is 0 Å². The molecule has 1 heterocycles. The number of rotatable bonds is 8. The molecule has 1 aromatic carbocycles. The lowest BCUT2D eigenvalue weighted by atomic mass is 10.1. The van der Waals surface area contributed by atoms with Crippen molar-refractivity contribution < 1.29 is 14.3 Å². The fourth-order valence-electron chi connectivity index (χ4n) is 2.29. The van der Waals surface area contributed by atoms with Crippen LogP contribution in [0.4, 0.5) is 0 Å². The average molecular weight is 462 g/mol. The number of hydrogen-bond donors (Lipinski definition) is 3. The predicted octanol–water partition coefficient (Wildman–Crippen LogP) is 1.66. The highest BCUT2D eigenvalue weighted by atomic mass is 127. The Hall–Kier alpha value is -1.71. The van der Waals surface area contributed by atoms with Crippen LogP contribution in [0.1, 0.15) is 25.3 Å². The van der Waals surface area contributed by atoms with Gasteiger partial charge in [0.25, 0.3) is 0 Å². The van der Waals surface area contributed by atoms with Crippen molar-refractivity contribution in [2.45, 2.75) is 26.2 Å². The Balaban J connectivity index is 0.00000312. The first-order valence-electron chi connectivity index (χ1n) is 8.32. The van der Waals surface area contributed by atoms with Crippen LogP contribution in [0.3, 0.4) is 0 Å². The van der Waals surface area contributed by atoms with Gasteiger partial charge in [-0.3, -0.25) is 9.79 Å². The van der Waals surface area contributed by atoms with Crippen LogP contribution >= 0.6 is 24.0 Å². The van der Waals surface area contributed by atoms with Crippen LogP contribution in [0.15, 0.2) is 23.2 Å². The molecule has 25 heavy (non-hydrogen) atoms. The summed E-state index contributed by atoms with van der Waals surface area (Å²) >= 11 is 0. The van der Waals surface area contributed by atoms with E-state index in [4.69, 9.17) is 9.47 Å². The topological polar surface area (TPSA) is 84.0 Å². The molecule has 1 aromatic rings. The van der Waals surface area contributed by atoms with E-state index in [9.17, 15) is 4.79 Å². The molecule has 0 fully saturated rings. The van der Waals surface area contributed by atoms with E-state index in [-0.39, 0.29) is 29.9 Å². The third-order valence-corrected chi connectivity index (χ3v) is 3.58. The smallest absolute Gasteiger partial charge is 0.231 e. The molecule has 0 saturated carbocycles. The molecule has 0 unspecified atom stereocenters. The monoisotopic (exact) mass is 462 g/mol. The number of amides is 1. The minimum absolute atomic E-state index is 0. The van der Waals surface area contributed by atoms with Crippen molar-refractivity contribution in [1.82, 2.24) is 16.0 Å². The third-order valence-electron chi connectivity index (χ3n) is 3.58. The largest absolute Gasteiger partial charge is 0.454 e. The first-order valence-corrected chi connectivity index (χ1v) is 8.32. The molecule has 140 valence electrons. The molecule has 0 spiro atoms. The van der Waals surface area contributed by atoms with Crippen LogP contribution in [0.2, 0.25) is 0 Å². The number of halogens is 1. The molecule has 0 aliphatic carbocycles. The van der Waals surface area contributed by atoms with Gasteiger partial charge in [0.1, 0.15) is 0 Å². The summed E-state index contributed by atoms with van der Waals surface area (Å²) in [5, 5.41) is 9.22. The Bertz CT molecular complexity index is 581. The predicted molar refractivity (Wildman–Crippen MR) is 109 cm³/mol. The molecule has 1 aliphatic rings. The van der Waals surface area contributed by atoms with Crippen molar-refractivity contribution in [3.8, 4) is 11.5 Å². The zero-order chi connectivity index (χ0) is 17.2. The number of nitrogens with one attached hydrogen (secondary N) is 3. The maximum atomic E-state index is 11.5. The van der Waals surface area contributed by atoms with E-state index in [1.54, 1.807) is 7.05 Å². The lowest BCUT2D eigenvalue weighted by Crippen LogP contribution is -2.40. The quantitative estimate of drug-likeness (QED) is 0.311. The first kappa shape index (κ1) is 21.3. The van der Waals surface area contributed by atoms with E-state index >= 15 is 0 Å². The number of aliphatic imine (C=N–C) groups is 1. The molecular weight excluding hydrogens is 435 g/mol. The first-order chi connectivity index (χ1) is 11.7. The second-order valence-electron chi connectivity index (χ2n) is 5.46. The fraction of sp³-hybridized carbons (Fsp3) is 0.529. The third kappa shape index (κ3) is 7.37. The molecule has 1 aliphatic heterocycles. The van der Waals surface area contributed by atoms with Gasteiger partial charge < -0.3 is 25.4 Å². The lowest BCUT2D eigenvalue weighted by Gasteiger charge is -2.12. The van der Waals surface area contributed by atoms with Gasteiger partial charge in [-0.25, -0.2) is 0 Å². The maximum Gasteiger partial charge on any atom is 0.231 e. The average Bonchev–Trinajstić information content (AvgIpc) is 3.06. The Morgan fingerprint density at radius 2 is 1.88 bits per heavy atom. The Morgan fingerprint density at radius 3 is 2.64 bits per heavy atom. The fourth-order valence-corrected chi connectivity index (χ4v) is 2.29. The van der Waals surface area contributed by atoms with E-state index in [1.165, 1.54) is 5.56 Å². The van der Waals surface area contributed by atoms with Crippen LogP contribution in [-0.2, 0) is 11.2 Å². The van der Waals surface area contributed by atoms with Crippen LogP contribution < -0.4 is 25.4 Å². The minimum atomic E-state index is 0. The normalized spacial score (nSPS) is 12.3. The van der Waals surface area contributed by atoms with Crippen molar-refractivity contribution in [2.75, 3.05) is 33.5 Å². The number of fused-ring (bicyclic) bond motifs is 1. The van der Waals surface area contributed by atoms with E-state index in [1.807, 2.05) is 25.1 Å². The molecule has 0 saturated heterocycles. The van der Waals surface area contributed by atoms with Gasteiger partial charge in [-0.05, 0) is 30.5 Å². The molecule has 0 aromatic heterocycles. The highest BCUT2D eigenvalue weighted by Gasteiger charge is 2.12. The molecule has 0 radical (unpaired) electrons. The molecule has 0 atom stereocenters. The van der Waals surface area contributed by atoms with E-state index in [0.717, 1.165) is 37.4 Å². The number of hydrogen-bond acceptors (Lipinski definition) is 4. The van der Waals surface area contributed by atoms with Crippen LogP contribution in [-0.4, -0.2) is 45.3 Å². The van der Waals surface area contributed by atoms with Crippen molar-refractivity contribution in [2.24, 2.45) is 4.99 Å². The van der Waals surface area contributed by atoms with Gasteiger partial charge in [-0.2, -0.15) is 0 Å². The Morgan fingerprint density at radius 1 is 1.12 bits per heavy atom. The molecule has 3 N–H and O–H groups in total. The number of nitrogens with zero attached hydrogens (tertiary/aromatic N) is 1. The summed E-state index contributed by atoms with van der Waals surface area (Å²) in [5.41, 5.74) is 1.17. The molecular formula is C17H27IN4O3. The second kappa shape index (κ2) is 11.8. The molecule has 2 rings (SSSR count). The molecule has 8 heteroatoms. The highest BCUT2D eigenvalue weighted by Crippen LogP contribution is 2.32. The summed E-state index contributed by atoms with van der Waals surface area (Å²) in [7, 11) is 1.72. The lowest BCUT2D eigenvalue weighted by molar-refractivity contribution is -0.120. The zero-order valence-electron chi connectivity index (χ0n) is 14.8. The standard InChI is InChI=1S/C17H26N4O3.HI/c1-3-8-19-16(22)7-10-21-17(18-2)20-9-6-13-4-5-14-15(11-13)24-12-23-14;/h4-5,11H,3,6-10,12H2,1-2H3,(H,19,22)(H2,18,20,21);1H. The van der Waals surface area contributed by atoms with Gasteiger partial charge in [0.2, 0.25) is 12.7 Å². The number of benzene rings is 1. The summed E-state index contributed by atoms with van der Waals surface area (Å²) in [6.07, 6.45) is 2.22. The number of carbonyl (C=O) groups is 1. The van der Waals surface area contributed by atoms with Crippen LogP contribution in [0.5, 0.6) is 11.5 Å². The van der Waals surface area contributed by atoms with Gasteiger partial charge in [-0.1, -0.05) is 13.0 Å². The zero-order valence-corrected chi connectivity index (χ0v) is 17.1. The summed E-state index contributed by atoms with van der Waals surface area (Å²) in [6, 6.07) is 5.96. The summed E-state index contributed by atoms with van der Waals surface area (Å²) in [6.45, 7) is 4.34. The van der Waals surface area contributed by atoms with Crippen molar-refractivity contribution in [3.63, 3.8) is 0 Å². The maximum absolute atomic E-state index is 11.5. The van der Waals surface area contributed by atoms with Crippen LogP contribution in [0.25, 0.3) is 0 Å². The van der Waals surface area contributed by atoms with Gasteiger partial charge in [0.05, 0.1) is 0 Å². The molecule has 0 bridgehead atoms. The Kier molecular flexibility index (Phi) is 10.0. The number of ether oxygens (including phenoxy) is 2. The minimum Gasteiger partial charge on any atom is -0.454 e. The van der Waals surface area contributed by atoms with Gasteiger partial charge in [-0.15, -0.1) is 24.0 Å². The van der Waals surface area contributed by atoms with Gasteiger partial charge >= 0.3 is 0 Å². The van der Waals surface area contributed by atoms with Crippen molar-refractivity contribution in [1.29, 1.82) is 0 Å². The van der Waals surface area contributed by atoms with Crippen molar-refractivity contribution in [3.05, 3.63) is 23.8 Å². The summed E-state index contributed by atoms with van der Waals surface area (Å²) in [5.74, 6) is 2.35. The van der Waals surface area contributed by atoms with E-state index in [2.05, 4.69) is 20.9 Å². The second-order valence-corrected chi connectivity index (χ2v) is 5.46. The summed E-state index contributed by atoms with van der Waals surface area (Å²) in [4.78, 5) is 15.7. The number of guanidine groups is 1. The van der Waals surface area contributed by atoms with Gasteiger partial charge in [0.15, 0.2) is 17.5 Å².